The molecule has 4 heteroatoms. The number of carbonyl (C=O) groups is 1. The summed E-state index contributed by atoms with van der Waals surface area (Å²) in [5, 5.41) is 20.9. The molecule has 10 atom stereocenters. The number of rotatable bonds is 4. The molecular formula is C37H54O4. The summed E-state index contributed by atoms with van der Waals surface area (Å²) in [4.78, 5) is 13.1. The third kappa shape index (κ3) is 4.05. The van der Waals surface area contributed by atoms with Gasteiger partial charge in [0.1, 0.15) is 5.75 Å². The highest BCUT2D eigenvalue weighted by atomic mass is 16.5. The predicted molar refractivity (Wildman–Crippen MR) is 163 cm³/mol. The van der Waals surface area contributed by atoms with E-state index in [1.165, 1.54) is 43.7 Å². The second kappa shape index (κ2) is 9.60. The number of aliphatic hydroxyl groups excluding tert-OH is 1. The van der Waals surface area contributed by atoms with E-state index in [0.717, 1.165) is 32.1 Å². The second-order valence-corrected chi connectivity index (χ2v) is 16.6. The van der Waals surface area contributed by atoms with Crippen molar-refractivity contribution in [1.82, 2.24) is 0 Å². The van der Waals surface area contributed by atoms with Crippen LogP contribution in [-0.2, 0) is 4.74 Å². The lowest BCUT2D eigenvalue weighted by molar-refractivity contribution is -0.249. The number of fused-ring (bicyclic) bond motifs is 7. The number of phenolic OH excluding ortho intramolecular Hbond substituents is 1. The Hall–Kier alpha value is -1.81. The van der Waals surface area contributed by atoms with Crippen LogP contribution in [0.4, 0.5) is 0 Å². The maximum absolute atomic E-state index is 13.1. The maximum Gasteiger partial charge on any atom is 0.338 e. The molecule has 0 spiro atoms. The zero-order chi connectivity index (χ0) is 29.6. The van der Waals surface area contributed by atoms with E-state index in [2.05, 4.69) is 48.1 Å². The second-order valence-electron chi connectivity index (χ2n) is 16.6. The molecule has 0 radical (unpaired) electrons. The molecule has 5 aliphatic rings. The zero-order valence-electron chi connectivity index (χ0n) is 26.5. The van der Waals surface area contributed by atoms with Gasteiger partial charge in [-0.05, 0) is 141 Å². The van der Waals surface area contributed by atoms with E-state index in [0.29, 0.717) is 41.8 Å². The molecule has 0 amide bonds. The lowest BCUT2D eigenvalue weighted by Gasteiger charge is -2.73. The largest absolute Gasteiger partial charge is 0.508 e. The molecule has 0 saturated heterocycles. The van der Waals surface area contributed by atoms with Crippen molar-refractivity contribution in [3.8, 4) is 5.75 Å². The van der Waals surface area contributed by atoms with Crippen LogP contribution in [0.3, 0.4) is 0 Å². The summed E-state index contributed by atoms with van der Waals surface area (Å²) < 4.78 is 6.12. The summed E-state index contributed by atoms with van der Waals surface area (Å²) in [5.41, 5.74) is 2.49. The predicted octanol–water partition coefficient (Wildman–Crippen LogP) is 8.57. The number of hydrogen-bond donors (Lipinski definition) is 2. The number of aliphatic hydroxyl groups is 1. The van der Waals surface area contributed by atoms with Crippen LogP contribution < -0.4 is 0 Å². The number of aromatic hydroxyl groups is 1. The van der Waals surface area contributed by atoms with Crippen LogP contribution >= 0.6 is 0 Å². The minimum absolute atomic E-state index is 0.00151. The standard InChI is InChI=1S/C37H54O4/c1-23(2)26-13-18-37(22-41-32(40)24-9-8-10-25(38)21-24)20-19-35(6)27(31(26)37)11-12-29-34(5)16-15-30(39)33(3,4)28(34)14-17-36(29,35)7/h8-10,21,26-31,38-39H,1,11-20,22H2,2-7H3. The monoisotopic (exact) mass is 562 g/mol. The van der Waals surface area contributed by atoms with Crippen LogP contribution in [0.1, 0.15) is 116 Å². The fourth-order valence-electron chi connectivity index (χ4n) is 12.5. The fourth-order valence-corrected chi connectivity index (χ4v) is 12.5. The van der Waals surface area contributed by atoms with E-state index in [4.69, 9.17) is 4.74 Å². The van der Waals surface area contributed by atoms with E-state index in [-0.39, 0.29) is 44.9 Å². The molecule has 0 bridgehead atoms. The van der Waals surface area contributed by atoms with E-state index in [9.17, 15) is 15.0 Å². The number of esters is 1. The van der Waals surface area contributed by atoms with Crippen molar-refractivity contribution in [3.05, 3.63) is 42.0 Å². The van der Waals surface area contributed by atoms with Crippen LogP contribution in [-0.4, -0.2) is 28.9 Å². The highest BCUT2D eigenvalue weighted by Crippen LogP contribution is 2.77. The molecule has 6 rings (SSSR count). The zero-order valence-corrected chi connectivity index (χ0v) is 26.5. The quantitative estimate of drug-likeness (QED) is 0.285. The van der Waals surface area contributed by atoms with Crippen molar-refractivity contribution in [2.75, 3.05) is 6.61 Å². The average Bonchev–Trinajstić information content (AvgIpc) is 3.30. The molecule has 4 nitrogen and oxygen atoms in total. The molecule has 1 aromatic rings. The van der Waals surface area contributed by atoms with Crippen molar-refractivity contribution in [2.45, 2.75) is 112 Å². The Morgan fingerprint density at radius 1 is 0.927 bits per heavy atom. The first-order valence-corrected chi connectivity index (χ1v) is 16.5. The first kappa shape index (κ1) is 29.3. The van der Waals surface area contributed by atoms with Crippen molar-refractivity contribution < 1.29 is 19.7 Å². The smallest absolute Gasteiger partial charge is 0.338 e. The summed E-state index contributed by atoms with van der Waals surface area (Å²) in [6.45, 7) is 19.7. The van der Waals surface area contributed by atoms with Gasteiger partial charge in [0.15, 0.2) is 0 Å². The lowest BCUT2D eigenvalue weighted by Crippen LogP contribution is -2.66. The van der Waals surface area contributed by atoms with Gasteiger partial charge in [-0.3, -0.25) is 0 Å². The highest BCUT2D eigenvalue weighted by molar-refractivity contribution is 5.89. The third-order valence-corrected chi connectivity index (χ3v) is 14.8. The van der Waals surface area contributed by atoms with Gasteiger partial charge in [0.25, 0.3) is 0 Å². The Kier molecular flexibility index (Phi) is 6.85. The molecule has 0 aliphatic heterocycles. The molecule has 226 valence electrons. The van der Waals surface area contributed by atoms with Gasteiger partial charge in [0.2, 0.25) is 0 Å². The van der Waals surface area contributed by atoms with Crippen molar-refractivity contribution in [3.63, 3.8) is 0 Å². The van der Waals surface area contributed by atoms with Gasteiger partial charge in [0.05, 0.1) is 18.3 Å². The number of ether oxygens (including phenoxy) is 1. The Balaban J connectivity index is 1.31. The first-order chi connectivity index (χ1) is 19.2. The number of benzene rings is 1. The summed E-state index contributed by atoms with van der Waals surface area (Å²) in [6, 6.07) is 6.52. The summed E-state index contributed by atoms with van der Waals surface area (Å²) in [5.74, 6) is 2.59. The van der Waals surface area contributed by atoms with Gasteiger partial charge in [-0.2, -0.15) is 0 Å². The number of carbonyl (C=O) groups excluding carboxylic acids is 1. The van der Waals surface area contributed by atoms with Gasteiger partial charge < -0.3 is 14.9 Å². The Labute approximate surface area is 248 Å². The van der Waals surface area contributed by atoms with Gasteiger partial charge in [-0.25, -0.2) is 4.79 Å². The van der Waals surface area contributed by atoms with Crippen LogP contribution in [0, 0.1) is 56.7 Å². The Bertz CT molecular complexity index is 1220. The van der Waals surface area contributed by atoms with Crippen LogP contribution in [0.15, 0.2) is 36.4 Å². The van der Waals surface area contributed by atoms with E-state index < -0.39 is 0 Å². The number of phenols is 1. The van der Waals surface area contributed by atoms with Gasteiger partial charge in [-0.15, -0.1) is 0 Å². The van der Waals surface area contributed by atoms with E-state index in [1.54, 1.807) is 18.2 Å². The molecule has 5 fully saturated rings. The van der Waals surface area contributed by atoms with Crippen molar-refractivity contribution >= 4 is 5.97 Å². The minimum atomic E-state index is -0.329. The van der Waals surface area contributed by atoms with Crippen LogP contribution in [0.25, 0.3) is 0 Å². The summed E-state index contributed by atoms with van der Waals surface area (Å²) >= 11 is 0. The highest BCUT2D eigenvalue weighted by Gasteiger charge is 2.71. The molecule has 0 aromatic heterocycles. The van der Waals surface area contributed by atoms with Gasteiger partial charge in [0, 0.05) is 5.41 Å². The molecule has 10 unspecified atom stereocenters. The van der Waals surface area contributed by atoms with Gasteiger partial charge >= 0.3 is 5.97 Å². The average molecular weight is 563 g/mol. The molecule has 5 aliphatic carbocycles. The normalized spacial score (nSPS) is 46.4. The molecule has 41 heavy (non-hydrogen) atoms. The molecule has 2 N–H and O–H groups in total. The molecule has 5 saturated carbocycles. The molecule has 1 aromatic carbocycles. The summed E-state index contributed by atoms with van der Waals surface area (Å²) in [7, 11) is 0. The fraction of sp³-hybridized carbons (Fsp3) is 0.757. The molecule has 0 heterocycles. The first-order valence-electron chi connectivity index (χ1n) is 16.5. The van der Waals surface area contributed by atoms with E-state index in [1.807, 2.05) is 0 Å². The number of hydrogen-bond acceptors (Lipinski definition) is 4. The van der Waals surface area contributed by atoms with Crippen LogP contribution in [0.5, 0.6) is 5.75 Å². The maximum atomic E-state index is 13.1. The Morgan fingerprint density at radius 3 is 2.39 bits per heavy atom. The van der Waals surface area contributed by atoms with Crippen molar-refractivity contribution in [1.29, 1.82) is 0 Å². The van der Waals surface area contributed by atoms with Crippen LogP contribution in [0.2, 0.25) is 0 Å². The lowest BCUT2D eigenvalue weighted by atomic mass is 9.32. The Morgan fingerprint density at radius 2 is 1.68 bits per heavy atom. The summed E-state index contributed by atoms with van der Waals surface area (Å²) in [6.07, 6.45) is 11.4. The number of allylic oxidation sites excluding steroid dienone is 1. The van der Waals surface area contributed by atoms with Gasteiger partial charge in [-0.1, -0.05) is 52.8 Å². The SMILES string of the molecule is C=C(C)C1CCC2(COC(=O)c3cccc(O)c3)CCC3(C)C(CCC4C5(C)CCC(O)C(C)(C)C5CCC43C)C12. The topological polar surface area (TPSA) is 66.8 Å². The third-order valence-electron chi connectivity index (χ3n) is 14.8. The molecular weight excluding hydrogens is 508 g/mol. The minimum Gasteiger partial charge on any atom is -0.508 e. The van der Waals surface area contributed by atoms with Crippen molar-refractivity contribution in [2.24, 2.45) is 56.7 Å². The van der Waals surface area contributed by atoms with E-state index >= 15 is 0 Å².